The molecule has 0 atom stereocenters. The molecule has 0 aliphatic heterocycles. The maximum absolute atomic E-state index is 12.5. The molecule has 1 heterocycles. The number of halogens is 3. The molecule has 1 saturated carbocycles. The zero-order valence-corrected chi connectivity index (χ0v) is 9.80. The van der Waals surface area contributed by atoms with Crippen molar-refractivity contribution < 1.29 is 13.2 Å². The lowest BCUT2D eigenvalue weighted by molar-refractivity contribution is -0.137. The SMILES string of the molecule is CC(C)(Nc1cc(C(F)(F)F)ccn1)C1CC1. The summed E-state index contributed by atoms with van der Waals surface area (Å²) in [6, 6.07) is 2.04. The first-order valence-electron chi connectivity index (χ1n) is 5.60. The summed E-state index contributed by atoms with van der Waals surface area (Å²) < 4.78 is 37.5. The molecular weight excluding hydrogens is 229 g/mol. The minimum Gasteiger partial charge on any atom is -0.365 e. The second kappa shape index (κ2) is 3.89. The van der Waals surface area contributed by atoms with Crippen molar-refractivity contribution in [3.05, 3.63) is 23.9 Å². The summed E-state index contributed by atoms with van der Waals surface area (Å²) in [6.45, 7) is 3.99. The van der Waals surface area contributed by atoms with Gasteiger partial charge in [-0.25, -0.2) is 4.98 Å². The lowest BCUT2D eigenvalue weighted by Crippen LogP contribution is -2.33. The molecular formula is C12H15F3N2. The molecule has 0 radical (unpaired) electrons. The number of nitrogens with zero attached hydrogens (tertiary/aromatic N) is 1. The van der Waals surface area contributed by atoms with Gasteiger partial charge in [0.05, 0.1) is 5.56 Å². The fourth-order valence-electron chi connectivity index (χ4n) is 1.91. The summed E-state index contributed by atoms with van der Waals surface area (Å²) in [5, 5.41) is 3.08. The molecule has 1 aliphatic rings. The van der Waals surface area contributed by atoms with Crippen LogP contribution in [0.1, 0.15) is 32.3 Å². The zero-order valence-electron chi connectivity index (χ0n) is 9.80. The van der Waals surface area contributed by atoms with Crippen LogP contribution < -0.4 is 5.32 Å². The van der Waals surface area contributed by atoms with E-state index in [1.165, 1.54) is 6.20 Å². The molecule has 0 unspecified atom stereocenters. The monoisotopic (exact) mass is 244 g/mol. The summed E-state index contributed by atoms with van der Waals surface area (Å²) >= 11 is 0. The number of pyridine rings is 1. The van der Waals surface area contributed by atoms with Gasteiger partial charge in [0.15, 0.2) is 0 Å². The standard InChI is InChI=1S/C12H15F3N2/c1-11(2,8-3-4-8)17-10-7-9(5-6-16-10)12(13,14)15/h5-8H,3-4H2,1-2H3,(H,16,17). The Balaban J connectivity index is 2.16. The van der Waals surface area contributed by atoms with Gasteiger partial charge in [-0.2, -0.15) is 13.2 Å². The first kappa shape index (κ1) is 12.2. The third-order valence-corrected chi connectivity index (χ3v) is 3.14. The van der Waals surface area contributed by atoms with Crippen molar-refractivity contribution in [2.75, 3.05) is 5.32 Å². The van der Waals surface area contributed by atoms with Crippen molar-refractivity contribution in [1.29, 1.82) is 0 Å². The molecule has 94 valence electrons. The van der Waals surface area contributed by atoms with Crippen LogP contribution in [0.5, 0.6) is 0 Å². The van der Waals surface area contributed by atoms with Crippen LogP contribution in [0.25, 0.3) is 0 Å². The molecule has 2 nitrogen and oxygen atoms in total. The molecule has 1 aliphatic carbocycles. The topological polar surface area (TPSA) is 24.9 Å². The fourth-order valence-corrected chi connectivity index (χ4v) is 1.91. The molecule has 2 rings (SSSR count). The van der Waals surface area contributed by atoms with Gasteiger partial charge < -0.3 is 5.32 Å². The van der Waals surface area contributed by atoms with E-state index in [4.69, 9.17) is 0 Å². The van der Waals surface area contributed by atoms with Crippen molar-refractivity contribution in [3.63, 3.8) is 0 Å². The van der Waals surface area contributed by atoms with Gasteiger partial charge in [-0.3, -0.25) is 0 Å². The van der Waals surface area contributed by atoms with Crippen LogP contribution in [0.2, 0.25) is 0 Å². The number of anilines is 1. The van der Waals surface area contributed by atoms with Crippen LogP contribution in [0.3, 0.4) is 0 Å². The highest BCUT2D eigenvalue weighted by molar-refractivity contribution is 5.41. The Morgan fingerprint density at radius 1 is 1.29 bits per heavy atom. The molecule has 1 aromatic rings. The van der Waals surface area contributed by atoms with E-state index in [2.05, 4.69) is 10.3 Å². The summed E-state index contributed by atoms with van der Waals surface area (Å²) in [5.74, 6) is 0.815. The highest BCUT2D eigenvalue weighted by Crippen LogP contribution is 2.41. The lowest BCUT2D eigenvalue weighted by atomic mass is 9.99. The Labute approximate surface area is 98.2 Å². The molecule has 0 bridgehead atoms. The first-order valence-corrected chi connectivity index (χ1v) is 5.60. The fraction of sp³-hybridized carbons (Fsp3) is 0.583. The van der Waals surface area contributed by atoms with Gasteiger partial charge >= 0.3 is 6.18 Å². The Morgan fingerprint density at radius 3 is 2.47 bits per heavy atom. The largest absolute Gasteiger partial charge is 0.416 e. The minimum absolute atomic E-state index is 0.197. The van der Waals surface area contributed by atoms with Gasteiger partial charge in [0.25, 0.3) is 0 Å². The normalized spacial score (nSPS) is 17.0. The number of aromatic nitrogens is 1. The Morgan fingerprint density at radius 2 is 1.94 bits per heavy atom. The number of hydrogen-bond acceptors (Lipinski definition) is 2. The van der Waals surface area contributed by atoms with Crippen LogP contribution in [-0.2, 0) is 6.18 Å². The van der Waals surface area contributed by atoms with Crippen LogP contribution in [-0.4, -0.2) is 10.5 Å². The van der Waals surface area contributed by atoms with Gasteiger partial charge in [-0.15, -0.1) is 0 Å². The quantitative estimate of drug-likeness (QED) is 0.876. The number of rotatable bonds is 3. The summed E-state index contributed by atoms with van der Waals surface area (Å²) in [7, 11) is 0. The Bertz CT molecular complexity index is 408. The van der Waals surface area contributed by atoms with Crippen molar-refractivity contribution in [2.45, 2.75) is 38.4 Å². The van der Waals surface area contributed by atoms with Gasteiger partial charge in [0.1, 0.15) is 5.82 Å². The van der Waals surface area contributed by atoms with E-state index in [0.29, 0.717) is 5.92 Å². The van der Waals surface area contributed by atoms with Crippen LogP contribution in [0.15, 0.2) is 18.3 Å². The van der Waals surface area contributed by atoms with E-state index in [-0.39, 0.29) is 11.4 Å². The van der Waals surface area contributed by atoms with E-state index >= 15 is 0 Å². The summed E-state index contributed by atoms with van der Waals surface area (Å²) in [6.07, 6.45) is -0.880. The minimum atomic E-state index is -4.32. The smallest absolute Gasteiger partial charge is 0.365 e. The lowest BCUT2D eigenvalue weighted by Gasteiger charge is -2.27. The van der Waals surface area contributed by atoms with E-state index in [0.717, 1.165) is 25.0 Å². The van der Waals surface area contributed by atoms with E-state index < -0.39 is 11.7 Å². The molecule has 5 heteroatoms. The highest BCUT2D eigenvalue weighted by Gasteiger charge is 2.38. The second-order valence-electron chi connectivity index (χ2n) is 5.05. The van der Waals surface area contributed by atoms with Gasteiger partial charge in [0, 0.05) is 11.7 Å². The third kappa shape index (κ3) is 2.90. The van der Waals surface area contributed by atoms with Gasteiger partial charge in [-0.05, 0) is 44.7 Å². The van der Waals surface area contributed by atoms with Gasteiger partial charge in [0.2, 0.25) is 0 Å². The predicted molar refractivity (Wildman–Crippen MR) is 59.7 cm³/mol. The van der Waals surface area contributed by atoms with Gasteiger partial charge in [-0.1, -0.05) is 0 Å². The molecule has 0 aromatic carbocycles. The van der Waals surface area contributed by atoms with E-state index in [1.54, 1.807) is 0 Å². The van der Waals surface area contributed by atoms with Crippen LogP contribution in [0.4, 0.5) is 19.0 Å². The van der Waals surface area contributed by atoms with Crippen molar-refractivity contribution >= 4 is 5.82 Å². The van der Waals surface area contributed by atoms with Crippen molar-refractivity contribution in [2.24, 2.45) is 5.92 Å². The van der Waals surface area contributed by atoms with Crippen molar-refractivity contribution in [3.8, 4) is 0 Å². The molecule has 1 N–H and O–H groups in total. The highest BCUT2D eigenvalue weighted by atomic mass is 19.4. The van der Waals surface area contributed by atoms with Crippen LogP contribution >= 0.6 is 0 Å². The average Bonchev–Trinajstić information content (AvgIpc) is 2.99. The molecule has 0 amide bonds. The molecule has 1 fully saturated rings. The molecule has 17 heavy (non-hydrogen) atoms. The summed E-state index contributed by atoms with van der Waals surface area (Å²) in [5.41, 5.74) is -0.862. The first-order chi connectivity index (χ1) is 7.79. The van der Waals surface area contributed by atoms with Crippen molar-refractivity contribution in [1.82, 2.24) is 4.98 Å². The maximum Gasteiger partial charge on any atom is 0.416 e. The maximum atomic E-state index is 12.5. The number of nitrogens with one attached hydrogen (secondary N) is 1. The number of alkyl halides is 3. The van der Waals surface area contributed by atoms with E-state index in [1.807, 2.05) is 13.8 Å². The Kier molecular flexibility index (Phi) is 2.79. The third-order valence-electron chi connectivity index (χ3n) is 3.14. The Hall–Kier alpha value is -1.26. The molecule has 0 saturated heterocycles. The zero-order chi connectivity index (χ0) is 12.7. The molecule has 0 spiro atoms. The van der Waals surface area contributed by atoms with Crippen LogP contribution in [0, 0.1) is 5.92 Å². The predicted octanol–water partition coefficient (Wildman–Crippen LogP) is 3.70. The average molecular weight is 244 g/mol. The van der Waals surface area contributed by atoms with E-state index in [9.17, 15) is 13.2 Å². The summed E-state index contributed by atoms with van der Waals surface area (Å²) in [4.78, 5) is 3.94. The molecule has 1 aromatic heterocycles. The second-order valence-corrected chi connectivity index (χ2v) is 5.05. The number of hydrogen-bond donors (Lipinski definition) is 1.